The van der Waals surface area contributed by atoms with Gasteiger partial charge in [-0.3, -0.25) is 18.7 Å². The van der Waals surface area contributed by atoms with Crippen molar-refractivity contribution < 1.29 is 22.8 Å². The summed E-state index contributed by atoms with van der Waals surface area (Å²) in [6, 6.07) is 13.0. The number of rotatable bonds is 13. The third kappa shape index (κ3) is 7.91. The second-order valence-electron chi connectivity index (χ2n) is 8.89. The van der Waals surface area contributed by atoms with Crippen LogP contribution in [0, 0.1) is 6.92 Å². The number of hydrogen-bond donors (Lipinski definition) is 1. The molecule has 2 amide bonds. The Bertz CT molecular complexity index is 1180. The zero-order valence-corrected chi connectivity index (χ0v) is 22.6. The van der Waals surface area contributed by atoms with Crippen molar-refractivity contribution >= 4 is 33.3 Å². The Morgan fingerprint density at radius 2 is 1.72 bits per heavy atom. The van der Waals surface area contributed by atoms with Gasteiger partial charge in [-0.2, -0.15) is 0 Å². The van der Waals surface area contributed by atoms with Crippen LogP contribution in [0.25, 0.3) is 0 Å². The molecule has 0 bridgehead atoms. The van der Waals surface area contributed by atoms with Crippen LogP contribution in [0.3, 0.4) is 0 Å². The van der Waals surface area contributed by atoms with E-state index in [2.05, 4.69) is 5.32 Å². The molecule has 0 aromatic heterocycles. The van der Waals surface area contributed by atoms with Crippen LogP contribution in [0.2, 0.25) is 0 Å². The summed E-state index contributed by atoms with van der Waals surface area (Å²) in [6.07, 6.45) is 3.13. The summed E-state index contributed by atoms with van der Waals surface area (Å²) in [5, 5.41) is 2.90. The zero-order valence-electron chi connectivity index (χ0n) is 21.8. The van der Waals surface area contributed by atoms with Crippen molar-refractivity contribution in [3.05, 3.63) is 65.2 Å². The number of nitrogens with one attached hydrogen (secondary N) is 1. The fourth-order valence-electron chi connectivity index (χ4n) is 3.89. The quantitative estimate of drug-likeness (QED) is 0.324. The molecule has 1 atom stereocenters. The van der Waals surface area contributed by atoms with Crippen molar-refractivity contribution in [1.82, 2.24) is 10.2 Å². The number of aryl methyl sites for hydroxylation is 1. The smallest absolute Gasteiger partial charge is 0.244 e. The molecule has 196 valence electrons. The summed E-state index contributed by atoms with van der Waals surface area (Å²) in [4.78, 5) is 40.1. The molecule has 0 saturated heterocycles. The van der Waals surface area contributed by atoms with Crippen molar-refractivity contribution in [2.24, 2.45) is 0 Å². The molecule has 0 aliphatic heterocycles. The number of ketones is 1. The number of nitrogens with zero attached hydrogens (tertiary/aromatic N) is 2. The van der Waals surface area contributed by atoms with Gasteiger partial charge in [-0.1, -0.05) is 56.7 Å². The number of anilines is 1. The Hall–Kier alpha value is -3.20. The molecule has 8 nitrogen and oxygen atoms in total. The van der Waals surface area contributed by atoms with Crippen molar-refractivity contribution in [1.29, 1.82) is 0 Å². The Kier molecular flexibility index (Phi) is 10.6. The van der Waals surface area contributed by atoms with Gasteiger partial charge in [0.2, 0.25) is 21.8 Å². The van der Waals surface area contributed by atoms with Crippen LogP contribution >= 0.6 is 0 Å². The van der Waals surface area contributed by atoms with E-state index < -0.39 is 28.5 Å². The lowest BCUT2D eigenvalue weighted by atomic mass is 10.1. The molecule has 1 N–H and O–H groups in total. The normalized spacial score (nSPS) is 12.0. The number of sulfonamides is 1. The van der Waals surface area contributed by atoms with Crippen molar-refractivity contribution in [3.8, 4) is 0 Å². The molecule has 9 heteroatoms. The van der Waals surface area contributed by atoms with Gasteiger partial charge < -0.3 is 10.2 Å². The molecular formula is C27H37N3O5S. The highest BCUT2D eigenvalue weighted by molar-refractivity contribution is 7.92. The molecule has 0 unspecified atom stereocenters. The number of benzene rings is 2. The summed E-state index contributed by atoms with van der Waals surface area (Å²) < 4.78 is 26.4. The van der Waals surface area contributed by atoms with Crippen LogP contribution in [0.1, 0.15) is 61.5 Å². The number of unbranched alkanes of at least 4 members (excludes halogenated alkanes) is 1. The zero-order chi connectivity index (χ0) is 26.9. The lowest BCUT2D eigenvalue weighted by molar-refractivity contribution is -0.140. The van der Waals surface area contributed by atoms with E-state index in [4.69, 9.17) is 0 Å². The van der Waals surface area contributed by atoms with E-state index >= 15 is 0 Å². The van der Waals surface area contributed by atoms with Gasteiger partial charge in [-0.25, -0.2) is 8.42 Å². The lowest BCUT2D eigenvalue weighted by Gasteiger charge is -2.33. The highest BCUT2D eigenvalue weighted by atomic mass is 32.2. The summed E-state index contributed by atoms with van der Waals surface area (Å²) in [7, 11) is -3.87. The molecule has 36 heavy (non-hydrogen) atoms. The molecule has 2 rings (SSSR count). The van der Waals surface area contributed by atoms with Crippen LogP contribution in [0.4, 0.5) is 5.69 Å². The van der Waals surface area contributed by atoms with Gasteiger partial charge in [0.05, 0.1) is 11.9 Å². The Morgan fingerprint density at radius 1 is 1.03 bits per heavy atom. The van der Waals surface area contributed by atoms with Crippen LogP contribution in [0.15, 0.2) is 48.5 Å². The molecule has 0 saturated carbocycles. The average Bonchev–Trinajstić information content (AvgIpc) is 2.83. The van der Waals surface area contributed by atoms with Crippen LogP contribution in [0.5, 0.6) is 0 Å². The summed E-state index contributed by atoms with van der Waals surface area (Å²) in [6.45, 7) is 7.34. The third-order valence-electron chi connectivity index (χ3n) is 6.04. The van der Waals surface area contributed by atoms with Crippen molar-refractivity contribution in [3.63, 3.8) is 0 Å². The number of carbonyl (C=O) groups is 3. The molecule has 0 aliphatic carbocycles. The predicted molar refractivity (Wildman–Crippen MR) is 142 cm³/mol. The molecular weight excluding hydrogens is 478 g/mol. The van der Waals surface area contributed by atoms with Gasteiger partial charge in [0.1, 0.15) is 12.6 Å². The van der Waals surface area contributed by atoms with E-state index in [1.165, 1.54) is 17.9 Å². The maximum Gasteiger partial charge on any atom is 0.244 e. The number of carbonyl (C=O) groups excluding carboxylic acids is 3. The monoisotopic (exact) mass is 515 g/mol. The fraction of sp³-hybridized carbons (Fsp3) is 0.444. The number of amides is 2. The Morgan fingerprint density at radius 3 is 2.31 bits per heavy atom. The maximum atomic E-state index is 13.7. The minimum Gasteiger partial charge on any atom is -0.354 e. The van der Waals surface area contributed by atoms with Gasteiger partial charge in [-0.15, -0.1) is 0 Å². The van der Waals surface area contributed by atoms with E-state index in [9.17, 15) is 22.8 Å². The second-order valence-corrected chi connectivity index (χ2v) is 10.8. The second kappa shape index (κ2) is 13.2. The van der Waals surface area contributed by atoms with Gasteiger partial charge in [0, 0.05) is 18.7 Å². The Balaban J connectivity index is 2.45. The average molecular weight is 516 g/mol. The van der Waals surface area contributed by atoms with Crippen molar-refractivity contribution in [2.45, 2.75) is 59.5 Å². The fourth-order valence-corrected chi connectivity index (χ4v) is 4.73. The summed E-state index contributed by atoms with van der Waals surface area (Å²) in [5.41, 5.74) is 2.39. The van der Waals surface area contributed by atoms with Crippen LogP contribution in [-0.2, 0) is 26.2 Å². The first-order valence-corrected chi connectivity index (χ1v) is 14.0. The van der Waals surface area contributed by atoms with E-state index in [0.29, 0.717) is 18.5 Å². The maximum absolute atomic E-state index is 13.7. The molecule has 0 spiro atoms. The first-order chi connectivity index (χ1) is 17.0. The predicted octanol–water partition coefficient (Wildman–Crippen LogP) is 3.69. The van der Waals surface area contributed by atoms with E-state index in [0.717, 1.165) is 34.5 Å². The third-order valence-corrected chi connectivity index (χ3v) is 7.18. The Labute approximate surface area is 214 Å². The lowest BCUT2D eigenvalue weighted by Crippen LogP contribution is -2.52. The first kappa shape index (κ1) is 29.0. The van der Waals surface area contributed by atoms with Crippen molar-refractivity contribution in [2.75, 3.05) is 23.7 Å². The largest absolute Gasteiger partial charge is 0.354 e. The molecule has 0 fully saturated rings. The summed E-state index contributed by atoms with van der Waals surface area (Å²) >= 11 is 0. The molecule has 0 aliphatic rings. The topological polar surface area (TPSA) is 104 Å². The number of Topliss-reactive ketones (excluding diaryl/α,β-unsaturated/α-hetero) is 1. The van der Waals surface area contributed by atoms with Crippen LogP contribution < -0.4 is 9.62 Å². The van der Waals surface area contributed by atoms with Crippen LogP contribution in [-0.4, -0.2) is 56.3 Å². The van der Waals surface area contributed by atoms with Gasteiger partial charge in [0.15, 0.2) is 5.78 Å². The highest BCUT2D eigenvalue weighted by Crippen LogP contribution is 2.22. The minimum absolute atomic E-state index is 0.163. The molecule has 0 radical (unpaired) electrons. The molecule has 2 aromatic rings. The van der Waals surface area contributed by atoms with Gasteiger partial charge in [-0.05, 0) is 49.9 Å². The highest BCUT2D eigenvalue weighted by Gasteiger charge is 2.32. The van der Waals surface area contributed by atoms with E-state index in [1.54, 1.807) is 18.2 Å². The van der Waals surface area contributed by atoms with E-state index in [-0.39, 0.29) is 23.9 Å². The molecule has 0 heterocycles. The SMILES string of the molecule is CCCCNC(=O)[C@H](CC)N(Cc1ccccc1C)C(=O)CN(c1cccc(C(C)=O)c1)S(C)(=O)=O. The standard InChI is InChI=1S/C27H37N3O5S/c1-6-8-16-28-27(33)25(7-2)29(18-23-13-10-9-12-20(23)3)26(32)19-30(36(5,34)35)24-15-11-14-22(17-24)21(4)31/h9-15,17,25H,6-8,16,18-19H2,1-5H3,(H,28,33)/t25-/m0/s1. The number of hydrogen-bond acceptors (Lipinski definition) is 5. The van der Waals surface area contributed by atoms with Gasteiger partial charge in [0.25, 0.3) is 0 Å². The first-order valence-electron chi connectivity index (χ1n) is 12.2. The molecule has 2 aromatic carbocycles. The minimum atomic E-state index is -3.87. The van der Waals surface area contributed by atoms with Gasteiger partial charge >= 0.3 is 0 Å². The van der Waals surface area contributed by atoms with E-state index in [1.807, 2.05) is 45.0 Å². The summed E-state index contributed by atoms with van der Waals surface area (Å²) in [5.74, 6) is -0.987.